The van der Waals surface area contributed by atoms with Crippen LogP contribution in [0.1, 0.15) is 41.5 Å². The lowest BCUT2D eigenvalue weighted by Crippen LogP contribution is -2.41. The van der Waals surface area contributed by atoms with Crippen molar-refractivity contribution in [2.24, 2.45) is 0 Å². The van der Waals surface area contributed by atoms with Crippen LogP contribution in [0.25, 0.3) is 0 Å². The van der Waals surface area contributed by atoms with Gasteiger partial charge in [-0.3, -0.25) is 0 Å². The van der Waals surface area contributed by atoms with Crippen LogP contribution in [0.3, 0.4) is 0 Å². The number of nitrogens with two attached hydrogens (primary N) is 1. The van der Waals surface area contributed by atoms with Crippen molar-refractivity contribution in [1.82, 2.24) is 4.98 Å². The van der Waals surface area contributed by atoms with E-state index in [9.17, 15) is 5.26 Å². The molecule has 118 valence electrons. The first kappa shape index (κ1) is 15.4. The molecule has 0 radical (unpaired) electrons. The van der Waals surface area contributed by atoms with Crippen molar-refractivity contribution >= 4 is 11.5 Å². The number of pyridine rings is 1. The van der Waals surface area contributed by atoms with Gasteiger partial charge in [0, 0.05) is 18.2 Å². The van der Waals surface area contributed by atoms with E-state index >= 15 is 0 Å². The Kier molecular flexibility index (Phi) is 3.96. The summed E-state index contributed by atoms with van der Waals surface area (Å²) in [4.78, 5) is 3.98. The van der Waals surface area contributed by atoms with Crippen molar-refractivity contribution in [2.75, 3.05) is 17.6 Å². The van der Waals surface area contributed by atoms with E-state index < -0.39 is 0 Å². The maximum atomic E-state index is 9.27. The lowest BCUT2D eigenvalue weighted by molar-refractivity contribution is 0.260. The smallest absolute Gasteiger partial charge is 0.143 e. The molecule has 0 bridgehead atoms. The first-order chi connectivity index (χ1) is 11.1. The number of aryl methyl sites for hydroxylation is 2. The Labute approximate surface area is 137 Å². The third-order valence-corrected chi connectivity index (χ3v) is 5.14. The number of nitrogens with one attached hydrogen (secondary N) is 1. The number of nitrogens with zero attached hydrogens (tertiary/aromatic N) is 2. The molecule has 0 unspecified atom stereocenters. The van der Waals surface area contributed by atoms with Crippen molar-refractivity contribution in [2.45, 2.75) is 38.5 Å². The second kappa shape index (κ2) is 5.92. The van der Waals surface area contributed by atoms with E-state index in [0.29, 0.717) is 5.56 Å². The summed E-state index contributed by atoms with van der Waals surface area (Å²) >= 11 is 0. The Hall–Kier alpha value is -2.54. The number of nitriles is 1. The molecule has 1 aromatic carbocycles. The molecule has 1 fully saturated rings. The summed E-state index contributed by atoms with van der Waals surface area (Å²) in [6, 6.07) is 10.7. The summed E-state index contributed by atoms with van der Waals surface area (Å²) in [5, 5.41) is 12.7. The Morgan fingerprint density at radius 3 is 2.65 bits per heavy atom. The zero-order valence-corrected chi connectivity index (χ0v) is 13.7. The fraction of sp³-hybridized carbons (Fsp3) is 0.368. The van der Waals surface area contributed by atoms with Crippen molar-refractivity contribution in [3.05, 3.63) is 52.7 Å². The van der Waals surface area contributed by atoms with Gasteiger partial charge in [-0.15, -0.1) is 0 Å². The van der Waals surface area contributed by atoms with Gasteiger partial charge in [0.2, 0.25) is 0 Å². The second-order valence-corrected chi connectivity index (χ2v) is 6.52. The lowest BCUT2D eigenvalue weighted by Gasteiger charge is -2.43. The third-order valence-electron chi connectivity index (χ3n) is 5.14. The van der Waals surface area contributed by atoms with E-state index in [1.54, 1.807) is 6.20 Å². The third kappa shape index (κ3) is 2.75. The number of aromatic nitrogens is 1. The maximum absolute atomic E-state index is 9.27. The van der Waals surface area contributed by atoms with Gasteiger partial charge in [0.15, 0.2) is 0 Å². The van der Waals surface area contributed by atoms with Crippen LogP contribution in [0.4, 0.5) is 11.5 Å². The Bertz CT molecular complexity index is 769. The Morgan fingerprint density at radius 2 is 2.04 bits per heavy atom. The molecule has 0 saturated heterocycles. The molecule has 1 aliphatic carbocycles. The summed E-state index contributed by atoms with van der Waals surface area (Å²) in [7, 11) is 0. The fourth-order valence-electron chi connectivity index (χ4n) is 3.25. The van der Waals surface area contributed by atoms with Gasteiger partial charge in [0.25, 0.3) is 0 Å². The molecule has 4 nitrogen and oxygen atoms in total. The van der Waals surface area contributed by atoms with Crippen LogP contribution in [0.2, 0.25) is 0 Å². The molecule has 1 heterocycles. The summed E-state index contributed by atoms with van der Waals surface area (Å²) in [6.07, 6.45) is 5.23. The van der Waals surface area contributed by atoms with Gasteiger partial charge in [-0.1, -0.05) is 24.6 Å². The summed E-state index contributed by atoms with van der Waals surface area (Å²) in [5.41, 5.74) is 11.2. The van der Waals surface area contributed by atoms with E-state index in [1.165, 1.54) is 36.0 Å². The van der Waals surface area contributed by atoms with E-state index in [-0.39, 0.29) is 11.2 Å². The van der Waals surface area contributed by atoms with E-state index in [2.05, 4.69) is 48.4 Å². The monoisotopic (exact) mass is 306 g/mol. The number of anilines is 2. The Morgan fingerprint density at radius 1 is 1.26 bits per heavy atom. The van der Waals surface area contributed by atoms with Gasteiger partial charge >= 0.3 is 0 Å². The quantitative estimate of drug-likeness (QED) is 0.903. The summed E-state index contributed by atoms with van der Waals surface area (Å²) in [6.45, 7) is 5.12. The number of nitrogen functional groups attached to an aromatic ring is 1. The molecule has 0 spiro atoms. The number of hydrogen-bond donors (Lipinski definition) is 2. The highest BCUT2D eigenvalue weighted by Crippen LogP contribution is 2.44. The summed E-state index contributed by atoms with van der Waals surface area (Å²) in [5.74, 6) is 0.284. The summed E-state index contributed by atoms with van der Waals surface area (Å²) < 4.78 is 0. The topological polar surface area (TPSA) is 74.7 Å². The molecule has 0 atom stereocenters. The van der Waals surface area contributed by atoms with E-state index in [4.69, 9.17) is 5.73 Å². The van der Waals surface area contributed by atoms with Crippen molar-refractivity contribution in [3.8, 4) is 6.07 Å². The fourth-order valence-corrected chi connectivity index (χ4v) is 3.25. The van der Waals surface area contributed by atoms with Crippen LogP contribution in [0.5, 0.6) is 0 Å². The van der Waals surface area contributed by atoms with Gasteiger partial charge in [-0.25, -0.2) is 4.98 Å². The number of hydrogen-bond acceptors (Lipinski definition) is 4. The molecule has 0 amide bonds. The van der Waals surface area contributed by atoms with E-state index in [0.717, 1.165) is 12.2 Å². The van der Waals surface area contributed by atoms with Gasteiger partial charge in [-0.05, 0) is 49.4 Å². The van der Waals surface area contributed by atoms with Gasteiger partial charge in [-0.2, -0.15) is 5.26 Å². The lowest BCUT2D eigenvalue weighted by atomic mass is 9.64. The minimum atomic E-state index is 0.156. The van der Waals surface area contributed by atoms with Crippen LogP contribution in [-0.2, 0) is 5.41 Å². The van der Waals surface area contributed by atoms with Gasteiger partial charge in [0.1, 0.15) is 17.5 Å². The predicted molar refractivity (Wildman–Crippen MR) is 93.3 cm³/mol. The number of benzene rings is 1. The number of rotatable bonds is 4. The van der Waals surface area contributed by atoms with Crippen LogP contribution < -0.4 is 11.1 Å². The Balaban J connectivity index is 1.84. The van der Waals surface area contributed by atoms with Gasteiger partial charge in [0.05, 0.1) is 5.69 Å². The highest BCUT2D eigenvalue weighted by atomic mass is 14.9. The molecule has 0 aliphatic heterocycles. The minimum absolute atomic E-state index is 0.156. The first-order valence-corrected chi connectivity index (χ1v) is 8.02. The molecule has 23 heavy (non-hydrogen) atoms. The normalized spacial score (nSPS) is 15.5. The second-order valence-electron chi connectivity index (χ2n) is 6.52. The van der Waals surface area contributed by atoms with E-state index in [1.807, 2.05) is 6.07 Å². The average Bonchev–Trinajstić information content (AvgIpc) is 2.49. The minimum Gasteiger partial charge on any atom is -0.383 e. The van der Waals surface area contributed by atoms with Crippen molar-refractivity contribution < 1.29 is 0 Å². The molecule has 1 saturated carbocycles. The zero-order valence-electron chi connectivity index (χ0n) is 13.7. The van der Waals surface area contributed by atoms with Crippen LogP contribution in [-0.4, -0.2) is 11.5 Å². The van der Waals surface area contributed by atoms with Crippen molar-refractivity contribution in [1.29, 1.82) is 5.26 Å². The largest absolute Gasteiger partial charge is 0.383 e. The maximum Gasteiger partial charge on any atom is 0.143 e. The molecular formula is C19H22N4. The van der Waals surface area contributed by atoms with Crippen LogP contribution in [0, 0.1) is 25.2 Å². The SMILES string of the molecule is Cc1ccc(C2(CNc3ccnc(N)c3C#N)CCC2)cc1C. The molecule has 2 aromatic rings. The highest BCUT2D eigenvalue weighted by Gasteiger charge is 2.38. The molecule has 3 N–H and O–H groups in total. The van der Waals surface area contributed by atoms with Crippen LogP contribution >= 0.6 is 0 Å². The van der Waals surface area contributed by atoms with Crippen LogP contribution in [0.15, 0.2) is 30.5 Å². The molecule has 1 aliphatic rings. The standard InChI is InChI=1S/C19H22N4/c1-13-4-5-15(10-14(13)2)19(7-3-8-19)12-23-17-6-9-22-18(21)16(17)11-20/h4-6,9-10H,3,7-8,12H2,1-2H3,(H3,21,22,23). The first-order valence-electron chi connectivity index (χ1n) is 8.02. The molecule has 1 aromatic heterocycles. The predicted octanol–water partition coefficient (Wildman–Crippen LogP) is 3.69. The molecule has 4 heteroatoms. The zero-order chi connectivity index (χ0) is 16.4. The molecule has 3 rings (SSSR count). The average molecular weight is 306 g/mol. The highest BCUT2D eigenvalue weighted by molar-refractivity contribution is 5.66. The van der Waals surface area contributed by atoms with Gasteiger partial charge < -0.3 is 11.1 Å². The molecular weight excluding hydrogens is 284 g/mol. The van der Waals surface area contributed by atoms with Crippen molar-refractivity contribution in [3.63, 3.8) is 0 Å².